The van der Waals surface area contributed by atoms with Crippen molar-refractivity contribution in [1.82, 2.24) is 30.1 Å². The molecular weight excluding hydrogens is 750 g/mol. The summed E-state index contributed by atoms with van der Waals surface area (Å²) < 4.78 is 16.7. The van der Waals surface area contributed by atoms with Crippen LogP contribution in [0.4, 0.5) is 20.2 Å². The molecule has 3 heterocycles. The number of carbonyl (C=O) groups excluding carboxylic acids is 5. The van der Waals surface area contributed by atoms with Gasteiger partial charge in [0.25, 0.3) is 0 Å². The Hall–Kier alpha value is -6.07. The van der Waals surface area contributed by atoms with E-state index in [9.17, 15) is 29.1 Å². The summed E-state index contributed by atoms with van der Waals surface area (Å²) in [7, 11) is 0. The quantitative estimate of drug-likeness (QED) is 0.0881. The van der Waals surface area contributed by atoms with E-state index in [1.165, 1.54) is 36.6 Å². The molecule has 1 aliphatic heterocycles. The number of aliphatic hydroxyl groups is 2. The summed E-state index contributed by atoms with van der Waals surface area (Å²) in [4.78, 5) is 68.5. The molecule has 1 fully saturated rings. The molecule has 0 bridgehead atoms. The maximum atomic E-state index is 12.7. The third-order valence-electron chi connectivity index (χ3n) is 7.16. The molecule has 4 rings (SSSR count). The van der Waals surface area contributed by atoms with E-state index in [0.717, 1.165) is 15.7 Å². The van der Waals surface area contributed by atoms with Crippen LogP contribution in [0.3, 0.4) is 0 Å². The van der Waals surface area contributed by atoms with Gasteiger partial charge >= 0.3 is 18.3 Å². The molecule has 17 nitrogen and oxygen atoms in total. The number of hydrogen-bond donors (Lipinski definition) is 5. The first-order valence-electron chi connectivity index (χ1n) is 18.4. The second-order valence-electron chi connectivity index (χ2n) is 12.8. The van der Waals surface area contributed by atoms with Crippen LogP contribution in [0.2, 0.25) is 0 Å². The number of piperidine rings is 1. The van der Waals surface area contributed by atoms with Crippen LogP contribution >= 0.6 is 0 Å². The fraction of sp³-hybridized carbons (Fsp3) is 0.439. The van der Waals surface area contributed by atoms with Crippen molar-refractivity contribution in [2.75, 3.05) is 38.2 Å². The van der Waals surface area contributed by atoms with E-state index in [4.69, 9.17) is 19.3 Å². The number of amides is 4. The van der Waals surface area contributed by atoms with E-state index in [1.54, 1.807) is 45.2 Å². The molecular formula is C41H61N7O10. The Labute approximate surface area is 341 Å². The van der Waals surface area contributed by atoms with Crippen molar-refractivity contribution in [2.45, 2.75) is 80.6 Å². The van der Waals surface area contributed by atoms with Crippen LogP contribution in [0, 0.1) is 5.92 Å². The van der Waals surface area contributed by atoms with Crippen molar-refractivity contribution in [3.63, 3.8) is 0 Å². The van der Waals surface area contributed by atoms with Gasteiger partial charge in [-0.05, 0) is 56.9 Å². The number of nitrogens with zero attached hydrogens (tertiary/aromatic N) is 4. The van der Waals surface area contributed by atoms with E-state index < -0.39 is 30.5 Å². The molecule has 0 unspecified atom stereocenters. The van der Waals surface area contributed by atoms with E-state index >= 15 is 0 Å². The highest BCUT2D eigenvalue weighted by Gasteiger charge is 2.28. The third-order valence-corrected chi connectivity index (χ3v) is 7.16. The third kappa shape index (κ3) is 22.5. The van der Waals surface area contributed by atoms with Crippen molar-refractivity contribution in [1.29, 1.82) is 0 Å². The molecule has 1 aliphatic rings. The number of nitrogens with one attached hydrogen (secondary N) is 3. The number of anilines is 1. The SMILES string of the molecule is C.C=CCNC(C)=O.CC.CC(C)(C)OC(=O)Nc1ccc(CNC(=O)C2CCN(C(=O)OC(=CCO)COC(=O)n3ccnc3)CC2)cn1.OCc1ccccc1. The zero-order valence-corrected chi connectivity index (χ0v) is 33.6. The van der Waals surface area contributed by atoms with Gasteiger partial charge in [0.15, 0.2) is 6.61 Å². The molecule has 5 N–H and O–H groups in total. The Morgan fingerprint density at radius 3 is 2.12 bits per heavy atom. The standard InChI is InChI=1S/C26H34N6O8.C7H8O.C5H9NO.C2H6.CH4/c1-26(2,3)40-23(35)30-21-5-4-18(14-28-21)15-29-22(34)19-6-10-31(11-7-19)25(37)39-20(8-13-33)16-38-24(36)32-12-9-27-17-32;8-6-7-4-2-1-3-5-7;1-3-4-6-5(2)7;1-2;/h4-5,8-9,12,14,17,19,33H,6-7,10-11,13,15-16H2,1-3H3,(H,29,34)(H,28,30,35);1-5,8H,6H2;3H,1,4H2,2H3,(H,6,7);1-2H3;1H4. The van der Waals surface area contributed by atoms with Gasteiger partial charge in [0, 0.05) is 57.6 Å². The number of imidazole rings is 1. The Kier molecular flexibility index (Phi) is 26.2. The van der Waals surface area contributed by atoms with E-state index in [2.05, 4.69) is 32.5 Å². The Morgan fingerprint density at radius 2 is 1.64 bits per heavy atom. The molecule has 0 radical (unpaired) electrons. The maximum absolute atomic E-state index is 12.7. The van der Waals surface area contributed by atoms with Gasteiger partial charge in [0.05, 0.1) is 13.2 Å². The van der Waals surface area contributed by atoms with Gasteiger partial charge in [0.2, 0.25) is 11.8 Å². The number of likely N-dealkylation sites (tertiary alicyclic amines) is 1. The highest BCUT2D eigenvalue weighted by Crippen LogP contribution is 2.19. The van der Waals surface area contributed by atoms with Crippen molar-refractivity contribution >= 4 is 35.9 Å². The number of carbonyl (C=O) groups is 5. The van der Waals surface area contributed by atoms with Crippen LogP contribution in [0.25, 0.3) is 0 Å². The zero-order chi connectivity index (χ0) is 42.6. The second-order valence-corrected chi connectivity index (χ2v) is 12.8. The minimum atomic E-state index is -0.714. The lowest BCUT2D eigenvalue weighted by Gasteiger charge is -2.30. The van der Waals surface area contributed by atoms with Crippen LogP contribution < -0.4 is 16.0 Å². The van der Waals surface area contributed by atoms with Crippen molar-refractivity contribution in [2.24, 2.45) is 5.92 Å². The van der Waals surface area contributed by atoms with Crippen molar-refractivity contribution in [3.8, 4) is 0 Å². The van der Waals surface area contributed by atoms with Gasteiger partial charge in [-0.15, -0.1) is 6.58 Å². The van der Waals surface area contributed by atoms with E-state index in [-0.39, 0.29) is 50.7 Å². The van der Waals surface area contributed by atoms with Crippen LogP contribution in [0.15, 0.2) is 91.9 Å². The number of hydrogen-bond acceptors (Lipinski definition) is 12. The molecule has 3 aromatic rings. The number of aromatic nitrogens is 3. The summed E-state index contributed by atoms with van der Waals surface area (Å²) in [6.07, 6.45) is 7.40. The highest BCUT2D eigenvalue weighted by molar-refractivity contribution is 5.83. The molecule has 0 atom stereocenters. The fourth-order valence-electron chi connectivity index (χ4n) is 4.45. The van der Waals surface area contributed by atoms with Gasteiger partial charge in [0.1, 0.15) is 23.5 Å². The van der Waals surface area contributed by atoms with Crippen LogP contribution in [-0.2, 0) is 37.0 Å². The molecule has 17 heteroatoms. The predicted molar refractivity (Wildman–Crippen MR) is 220 cm³/mol. The number of rotatable bonds is 11. The molecule has 0 saturated carbocycles. The summed E-state index contributed by atoms with van der Waals surface area (Å²) in [6, 6.07) is 12.9. The number of benzene rings is 1. The summed E-state index contributed by atoms with van der Waals surface area (Å²) in [6.45, 7) is 15.0. The highest BCUT2D eigenvalue weighted by atomic mass is 16.6. The summed E-state index contributed by atoms with van der Waals surface area (Å²) in [5.74, 6) is -0.122. The van der Waals surface area contributed by atoms with Crippen molar-refractivity contribution in [3.05, 3.63) is 103 Å². The van der Waals surface area contributed by atoms with E-state index in [1.807, 2.05) is 44.2 Å². The lowest BCUT2D eigenvalue weighted by molar-refractivity contribution is -0.126. The molecule has 1 aromatic carbocycles. The topological polar surface area (TPSA) is 224 Å². The molecule has 0 aliphatic carbocycles. The largest absolute Gasteiger partial charge is 0.444 e. The van der Waals surface area contributed by atoms with E-state index in [0.29, 0.717) is 38.3 Å². The van der Waals surface area contributed by atoms with Gasteiger partial charge in [-0.3, -0.25) is 14.9 Å². The van der Waals surface area contributed by atoms with Gasteiger partial charge < -0.3 is 40.0 Å². The molecule has 58 heavy (non-hydrogen) atoms. The average Bonchev–Trinajstić information content (AvgIpc) is 3.75. The Morgan fingerprint density at radius 1 is 0.966 bits per heavy atom. The lowest BCUT2D eigenvalue weighted by atomic mass is 9.96. The molecule has 1 saturated heterocycles. The average molecular weight is 812 g/mol. The summed E-state index contributed by atoms with van der Waals surface area (Å²) >= 11 is 0. The monoisotopic (exact) mass is 811 g/mol. The van der Waals surface area contributed by atoms with Gasteiger partial charge in [-0.1, -0.05) is 63.7 Å². The zero-order valence-electron chi connectivity index (χ0n) is 33.6. The minimum Gasteiger partial charge on any atom is -0.444 e. The van der Waals surface area contributed by atoms with Crippen LogP contribution in [0.1, 0.15) is 72.9 Å². The number of pyridine rings is 1. The summed E-state index contributed by atoms with van der Waals surface area (Å²) in [5.41, 5.74) is 1.09. The summed E-state index contributed by atoms with van der Waals surface area (Å²) in [5, 5.41) is 25.7. The van der Waals surface area contributed by atoms with Gasteiger partial charge in [-0.2, -0.15) is 0 Å². The van der Waals surface area contributed by atoms with Crippen LogP contribution in [0.5, 0.6) is 0 Å². The molecule has 320 valence electrons. The normalized spacial score (nSPS) is 12.1. The smallest absolute Gasteiger partial charge is 0.419 e. The van der Waals surface area contributed by atoms with Crippen LogP contribution in [-0.4, -0.2) is 98.2 Å². The second kappa shape index (κ2) is 29.2. The lowest BCUT2D eigenvalue weighted by Crippen LogP contribution is -2.43. The fourth-order valence-corrected chi connectivity index (χ4v) is 4.45. The first-order chi connectivity index (χ1) is 27.2. The molecule has 4 amide bonds. The Balaban J connectivity index is 0.00000150. The minimum absolute atomic E-state index is 0. The number of aliphatic hydroxyl groups excluding tert-OH is 2. The molecule has 2 aromatic heterocycles. The molecule has 0 spiro atoms. The van der Waals surface area contributed by atoms with Gasteiger partial charge in [-0.25, -0.2) is 28.9 Å². The Bertz CT molecular complexity index is 1670. The predicted octanol–water partition coefficient (Wildman–Crippen LogP) is 5.80. The first-order valence-corrected chi connectivity index (χ1v) is 18.4. The number of ether oxygens (including phenoxy) is 3. The first kappa shape index (κ1) is 51.9. The maximum Gasteiger partial charge on any atom is 0.419 e. The van der Waals surface area contributed by atoms with Crippen molar-refractivity contribution < 1.29 is 48.4 Å².